The lowest BCUT2D eigenvalue weighted by molar-refractivity contribution is -0.123. The van der Waals surface area contributed by atoms with Crippen molar-refractivity contribution in [2.45, 2.75) is 39.2 Å². The van der Waals surface area contributed by atoms with Gasteiger partial charge >= 0.3 is 0 Å². The molecule has 1 aromatic carbocycles. The van der Waals surface area contributed by atoms with E-state index in [9.17, 15) is 4.79 Å². The van der Waals surface area contributed by atoms with Gasteiger partial charge in [0.25, 0.3) is 0 Å². The first-order valence-corrected chi connectivity index (χ1v) is 9.19. The second-order valence-corrected chi connectivity index (χ2v) is 7.42. The minimum Gasteiger partial charge on any atom is -0.492 e. The minimum absolute atomic E-state index is 0.106. The molecule has 0 unspecified atom stereocenters. The Balaban J connectivity index is 1.66. The number of benzene rings is 1. The highest BCUT2D eigenvalue weighted by molar-refractivity contribution is 6.30. The monoisotopic (exact) mass is 352 g/mol. The van der Waals surface area contributed by atoms with Crippen LogP contribution in [0.3, 0.4) is 0 Å². The molecule has 0 radical (unpaired) electrons. The van der Waals surface area contributed by atoms with Gasteiger partial charge in [0, 0.05) is 17.6 Å². The maximum absolute atomic E-state index is 12.2. The van der Waals surface area contributed by atoms with Gasteiger partial charge in [0.15, 0.2) is 0 Å². The van der Waals surface area contributed by atoms with Crippen LogP contribution in [0.1, 0.15) is 33.1 Å². The molecule has 1 N–H and O–H groups in total. The summed E-state index contributed by atoms with van der Waals surface area (Å²) in [5.74, 6) is 2.15. The van der Waals surface area contributed by atoms with Crippen molar-refractivity contribution in [2.24, 2.45) is 11.8 Å². The fourth-order valence-electron chi connectivity index (χ4n) is 3.21. The van der Waals surface area contributed by atoms with Gasteiger partial charge in [-0.15, -0.1) is 0 Å². The summed E-state index contributed by atoms with van der Waals surface area (Å²) in [6.07, 6.45) is 3.58. The molecule has 24 heavy (non-hydrogen) atoms. The second kappa shape index (κ2) is 9.28. The lowest BCUT2D eigenvalue weighted by atomic mass is 9.78. The Morgan fingerprint density at radius 1 is 1.29 bits per heavy atom. The van der Waals surface area contributed by atoms with Crippen molar-refractivity contribution < 1.29 is 9.53 Å². The predicted octanol–water partition coefficient (Wildman–Crippen LogP) is 3.59. The molecule has 1 amide bonds. The molecule has 0 saturated heterocycles. The van der Waals surface area contributed by atoms with E-state index in [2.05, 4.69) is 19.2 Å². The average Bonchev–Trinajstić information content (AvgIpc) is 2.53. The highest BCUT2D eigenvalue weighted by Crippen LogP contribution is 2.29. The Kier molecular flexibility index (Phi) is 7.38. The molecule has 1 aliphatic rings. The zero-order valence-corrected chi connectivity index (χ0v) is 15.7. The summed E-state index contributed by atoms with van der Waals surface area (Å²) in [6, 6.07) is 7.63. The van der Waals surface area contributed by atoms with E-state index in [1.165, 1.54) is 12.8 Å². The number of hydrogen-bond donors (Lipinski definition) is 1. The molecule has 4 nitrogen and oxygen atoms in total. The Morgan fingerprint density at radius 3 is 2.71 bits per heavy atom. The van der Waals surface area contributed by atoms with Crippen molar-refractivity contribution in [3.8, 4) is 5.75 Å². The van der Waals surface area contributed by atoms with Crippen LogP contribution in [-0.4, -0.2) is 43.6 Å². The van der Waals surface area contributed by atoms with Gasteiger partial charge in [-0.3, -0.25) is 9.69 Å². The minimum atomic E-state index is 0.106. The van der Waals surface area contributed by atoms with Gasteiger partial charge in [0.05, 0.1) is 6.54 Å². The topological polar surface area (TPSA) is 41.6 Å². The number of hydrogen-bond acceptors (Lipinski definition) is 3. The molecule has 3 atom stereocenters. The third-order valence-corrected chi connectivity index (χ3v) is 5.27. The van der Waals surface area contributed by atoms with Crippen LogP contribution in [-0.2, 0) is 4.79 Å². The van der Waals surface area contributed by atoms with Gasteiger partial charge in [0.1, 0.15) is 12.4 Å². The maximum Gasteiger partial charge on any atom is 0.234 e. The van der Waals surface area contributed by atoms with Crippen molar-refractivity contribution in [3.05, 3.63) is 29.3 Å². The first-order chi connectivity index (χ1) is 11.5. The molecule has 0 aromatic heterocycles. The fourth-order valence-corrected chi connectivity index (χ4v) is 3.34. The number of carbonyl (C=O) groups is 1. The molecular formula is C19H29ClN2O2. The van der Waals surface area contributed by atoms with E-state index in [1.54, 1.807) is 12.1 Å². The van der Waals surface area contributed by atoms with Crippen LogP contribution in [0, 0.1) is 11.8 Å². The summed E-state index contributed by atoms with van der Waals surface area (Å²) in [6.45, 7) is 6.18. The van der Waals surface area contributed by atoms with Gasteiger partial charge in [-0.1, -0.05) is 38.3 Å². The molecule has 0 spiro atoms. The molecular weight excluding hydrogens is 324 g/mol. The summed E-state index contributed by atoms with van der Waals surface area (Å²) >= 11 is 5.84. The smallest absolute Gasteiger partial charge is 0.234 e. The molecule has 1 fully saturated rings. The number of halogens is 1. The lowest BCUT2D eigenvalue weighted by Crippen LogP contribution is -2.47. The van der Waals surface area contributed by atoms with E-state index in [1.807, 2.05) is 24.1 Å². The van der Waals surface area contributed by atoms with Crippen LogP contribution < -0.4 is 10.1 Å². The molecule has 0 bridgehead atoms. The Bertz CT molecular complexity index is 521. The van der Waals surface area contributed by atoms with E-state index in [0.29, 0.717) is 42.6 Å². The summed E-state index contributed by atoms with van der Waals surface area (Å²) in [4.78, 5) is 14.2. The van der Waals surface area contributed by atoms with Gasteiger partial charge < -0.3 is 10.1 Å². The van der Waals surface area contributed by atoms with Crippen LogP contribution in [0.15, 0.2) is 24.3 Å². The molecule has 0 heterocycles. The number of carbonyl (C=O) groups excluding carboxylic acids is 1. The number of nitrogens with one attached hydrogen (secondary N) is 1. The van der Waals surface area contributed by atoms with Crippen molar-refractivity contribution in [3.63, 3.8) is 0 Å². The highest BCUT2D eigenvalue weighted by atomic mass is 35.5. The highest BCUT2D eigenvalue weighted by Gasteiger charge is 2.28. The molecule has 1 saturated carbocycles. The maximum atomic E-state index is 12.2. The number of ether oxygens (including phenoxy) is 1. The van der Waals surface area contributed by atoms with E-state index < -0.39 is 0 Å². The molecule has 5 heteroatoms. The molecule has 2 rings (SSSR count). The number of amides is 1. The SMILES string of the molecule is C[C@H]1[C@H](C)CCC[C@@H]1NC(=O)CN(C)CCOc1ccc(Cl)cc1. The van der Waals surface area contributed by atoms with Gasteiger partial charge in [-0.05, 0) is 49.6 Å². The van der Waals surface area contributed by atoms with Crippen molar-refractivity contribution in [1.82, 2.24) is 10.2 Å². The molecule has 0 aliphatic heterocycles. The van der Waals surface area contributed by atoms with Gasteiger partial charge in [-0.25, -0.2) is 0 Å². The second-order valence-electron chi connectivity index (χ2n) is 6.98. The van der Waals surface area contributed by atoms with Crippen LogP contribution in [0.5, 0.6) is 5.75 Å². The van der Waals surface area contributed by atoms with Crippen LogP contribution >= 0.6 is 11.6 Å². The summed E-state index contributed by atoms with van der Waals surface area (Å²) in [7, 11) is 1.94. The zero-order chi connectivity index (χ0) is 17.5. The third-order valence-electron chi connectivity index (χ3n) is 5.02. The number of likely N-dealkylation sites (N-methyl/N-ethyl adjacent to an activating group) is 1. The molecule has 134 valence electrons. The lowest BCUT2D eigenvalue weighted by Gasteiger charge is -2.35. The van der Waals surface area contributed by atoms with Crippen LogP contribution in [0.25, 0.3) is 0 Å². The van der Waals surface area contributed by atoms with E-state index in [-0.39, 0.29) is 5.91 Å². The largest absolute Gasteiger partial charge is 0.492 e. The summed E-state index contributed by atoms with van der Waals surface area (Å²) in [5, 5.41) is 3.90. The van der Waals surface area contributed by atoms with Crippen molar-refractivity contribution in [2.75, 3.05) is 26.7 Å². The quantitative estimate of drug-likeness (QED) is 0.815. The Morgan fingerprint density at radius 2 is 2.00 bits per heavy atom. The number of nitrogens with zero attached hydrogens (tertiary/aromatic N) is 1. The van der Waals surface area contributed by atoms with Crippen LogP contribution in [0.4, 0.5) is 0 Å². The summed E-state index contributed by atoms with van der Waals surface area (Å²) < 4.78 is 5.66. The predicted molar refractivity (Wildman–Crippen MR) is 98.6 cm³/mol. The number of rotatable bonds is 7. The Hall–Kier alpha value is -1.26. The zero-order valence-electron chi connectivity index (χ0n) is 14.9. The van der Waals surface area contributed by atoms with Crippen molar-refractivity contribution in [1.29, 1.82) is 0 Å². The Labute approximate surface area is 150 Å². The molecule has 1 aromatic rings. The van der Waals surface area contributed by atoms with E-state index in [0.717, 1.165) is 12.2 Å². The van der Waals surface area contributed by atoms with Crippen molar-refractivity contribution >= 4 is 17.5 Å². The first-order valence-electron chi connectivity index (χ1n) is 8.82. The average molecular weight is 353 g/mol. The standard InChI is InChI=1S/C19H29ClN2O2/c1-14-5-4-6-18(15(14)2)21-19(23)13-22(3)11-12-24-17-9-7-16(20)8-10-17/h7-10,14-15,18H,4-6,11-13H2,1-3H3,(H,21,23)/t14-,15+,18+/m1/s1. The fraction of sp³-hybridized carbons (Fsp3) is 0.632. The van der Waals surface area contributed by atoms with E-state index in [4.69, 9.17) is 16.3 Å². The van der Waals surface area contributed by atoms with Crippen LogP contribution in [0.2, 0.25) is 5.02 Å². The van der Waals surface area contributed by atoms with Gasteiger partial charge in [0.2, 0.25) is 5.91 Å². The van der Waals surface area contributed by atoms with E-state index >= 15 is 0 Å². The summed E-state index contributed by atoms with van der Waals surface area (Å²) in [5.41, 5.74) is 0. The molecule has 1 aliphatic carbocycles. The first kappa shape index (κ1) is 19.1. The van der Waals surface area contributed by atoms with Gasteiger partial charge in [-0.2, -0.15) is 0 Å². The third kappa shape index (κ3) is 5.99. The normalized spacial score (nSPS) is 24.0.